The summed E-state index contributed by atoms with van der Waals surface area (Å²) in [4.78, 5) is 0. The van der Waals surface area contributed by atoms with Gasteiger partial charge in [-0.3, -0.25) is 4.57 Å². The number of nitrogens with zero attached hydrogens (tertiary/aromatic N) is 3. The van der Waals surface area contributed by atoms with Crippen molar-refractivity contribution in [2.75, 3.05) is 0 Å². The van der Waals surface area contributed by atoms with Crippen LogP contribution in [0.2, 0.25) is 0 Å². The highest BCUT2D eigenvalue weighted by Crippen LogP contribution is 2.26. The molecule has 0 aliphatic rings. The number of hydrogen-bond acceptors (Lipinski definition) is 3. The second-order valence-corrected chi connectivity index (χ2v) is 4.16. The molecule has 0 aliphatic carbocycles. The van der Waals surface area contributed by atoms with Gasteiger partial charge in [-0.05, 0) is 11.6 Å². The summed E-state index contributed by atoms with van der Waals surface area (Å²) in [5.41, 5.74) is 3.16. The van der Waals surface area contributed by atoms with Gasteiger partial charge in [0.2, 0.25) is 0 Å². The van der Waals surface area contributed by atoms with Crippen molar-refractivity contribution in [3.05, 3.63) is 66.7 Å². The van der Waals surface area contributed by atoms with Gasteiger partial charge < -0.3 is 5.11 Å². The molecule has 0 aliphatic heterocycles. The monoisotopic (exact) mass is 251 g/mol. The molecule has 0 amide bonds. The molecule has 1 aromatic heterocycles. The Hall–Kier alpha value is -2.46. The molecule has 4 nitrogen and oxygen atoms in total. The number of aliphatic hydroxyl groups excluding tert-OH is 1. The Balaban J connectivity index is 2.18. The van der Waals surface area contributed by atoms with E-state index in [-0.39, 0.29) is 6.61 Å². The summed E-state index contributed by atoms with van der Waals surface area (Å²) in [6, 6.07) is 18.1. The van der Waals surface area contributed by atoms with E-state index >= 15 is 0 Å². The van der Waals surface area contributed by atoms with E-state index in [1.54, 1.807) is 6.33 Å². The molecule has 2 aromatic carbocycles. The minimum atomic E-state index is -0.136. The molecule has 94 valence electrons. The van der Waals surface area contributed by atoms with Crippen LogP contribution in [0.4, 0.5) is 0 Å². The quantitative estimate of drug-likeness (QED) is 0.777. The van der Waals surface area contributed by atoms with Crippen molar-refractivity contribution < 1.29 is 5.11 Å². The Morgan fingerprint density at radius 3 is 2.47 bits per heavy atom. The van der Waals surface area contributed by atoms with Crippen LogP contribution in [0.3, 0.4) is 0 Å². The zero-order valence-corrected chi connectivity index (χ0v) is 10.3. The number of hydrogen-bond donors (Lipinski definition) is 1. The molecule has 0 radical (unpaired) electrons. The average molecular weight is 251 g/mol. The average Bonchev–Trinajstić information content (AvgIpc) is 2.96. The van der Waals surface area contributed by atoms with E-state index in [1.165, 1.54) is 0 Å². The fourth-order valence-corrected chi connectivity index (χ4v) is 2.11. The van der Waals surface area contributed by atoms with Gasteiger partial charge >= 0.3 is 0 Å². The molecule has 0 unspecified atom stereocenters. The highest BCUT2D eigenvalue weighted by Gasteiger charge is 2.10. The molecule has 0 fully saturated rings. The van der Waals surface area contributed by atoms with Crippen molar-refractivity contribution in [2.24, 2.45) is 0 Å². The summed E-state index contributed by atoms with van der Waals surface area (Å²) in [6.45, 7) is -0.136. The van der Waals surface area contributed by atoms with E-state index in [0.717, 1.165) is 16.8 Å². The maximum atomic E-state index is 9.31. The second-order valence-electron chi connectivity index (χ2n) is 4.16. The lowest BCUT2D eigenvalue weighted by atomic mass is 10.0. The Bertz CT molecular complexity index is 677. The van der Waals surface area contributed by atoms with Gasteiger partial charge in [-0.15, -0.1) is 10.2 Å². The molecule has 19 heavy (non-hydrogen) atoms. The van der Waals surface area contributed by atoms with Gasteiger partial charge in [0, 0.05) is 5.56 Å². The summed E-state index contributed by atoms with van der Waals surface area (Å²) in [7, 11) is 0. The topological polar surface area (TPSA) is 50.9 Å². The predicted octanol–water partition coefficient (Wildman–Crippen LogP) is 2.43. The van der Waals surface area contributed by atoms with Gasteiger partial charge in [0.05, 0.1) is 5.69 Å². The van der Waals surface area contributed by atoms with Crippen LogP contribution in [0.1, 0.15) is 5.82 Å². The molecule has 3 rings (SSSR count). The molecule has 0 spiro atoms. The van der Waals surface area contributed by atoms with Crippen LogP contribution in [0.15, 0.2) is 60.9 Å². The highest BCUT2D eigenvalue weighted by molar-refractivity contribution is 5.72. The summed E-state index contributed by atoms with van der Waals surface area (Å²) >= 11 is 0. The lowest BCUT2D eigenvalue weighted by molar-refractivity contribution is 0.269. The lowest BCUT2D eigenvalue weighted by Crippen LogP contribution is -2.01. The molecule has 1 N–H and O–H groups in total. The minimum absolute atomic E-state index is 0.136. The molecule has 0 saturated carbocycles. The van der Waals surface area contributed by atoms with E-state index in [4.69, 9.17) is 0 Å². The van der Waals surface area contributed by atoms with Crippen molar-refractivity contribution in [3.8, 4) is 16.8 Å². The third kappa shape index (κ3) is 2.13. The van der Waals surface area contributed by atoms with Crippen LogP contribution in [0.5, 0.6) is 0 Å². The first-order chi connectivity index (χ1) is 9.40. The fourth-order valence-electron chi connectivity index (χ4n) is 2.11. The zero-order valence-electron chi connectivity index (χ0n) is 10.3. The van der Waals surface area contributed by atoms with Gasteiger partial charge in [0.1, 0.15) is 12.9 Å². The van der Waals surface area contributed by atoms with E-state index in [0.29, 0.717) is 5.82 Å². The predicted molar refractivity (Wildman–Crippen MR) is 72.7 cm³/mol. The molecule has 1 heterocycles. The van der Waals surface area contributed by atoms with Crippen LogP contribution in [0.25, 0.3) is 16.8 Å². The molecular formula is C15H13N3O. The summed E-state index contributed by atoms with van der Waals surface area (Å²) in [5, 5.41) is 17.1. The Morgan fingerprint density at radius 2 is 1.68 bits per heavy atom. The normalized spacial score (nSPS) is 10.6. The van der Waals surface area contributed by atoms with Crippen molar-refractivity contribution in [1.29, 1.82) is 0 Å². The van der Waals surface area contributed by atoms with Crippen molar-refractivity contribution >= 4 is 0 Å². The smallest absolute Gasteiger partial charge is 0.163 e. The number of benzene rings is 2. The second kappa shape index (κ2) is 5.04. The minimum Gasteiger partial charge on any atom is -0.388 e. The van der Waals surface area contributed by atoms with E-state index < -0.39 is 0 Å². The maximum absolute atomic E-state index is 9.31. The summed E-state index contributed by atoms with van der Waals surface area (Å²) in [6.07, 6.45) is 1.62. The summed E-state index contributed by atoms with van der Waals surface area (Å²) in [5.74, 6) is 0.531. The lowest BCUT2D eigenvalue weighted by Gasteiger charge is -2.11. The summed E-state index contributed by atoms with van der Waals surface area (Å²) < 4.78 is 1.81. The van der Waals surface area contributed by atoms with Gasteiger partial charge in [-0.25, -0.2) is 0 Å². The first kappa shape index (κ1) is 11.6. The van der Waals surface area contributed by atoms with Crippen LogP contribution in [0, 0.1) is 0 Å². The zero-order chi connectivity index (χ0) is 13.1. The Labute approximate surface area is 111 Å². The third-order valence-electron chi connectivity index (χ3n) is 3.01. The Morgan fingerprint density at radius 1 is 0.947 bits per heavy atom. The van der Waals surface area contributed by atoms with Crippen LogP contribution < -0.4 is 0 Å². The maximum Gasteiger partial charge on any atom is 0.163 e. The van der Waals surface area contributed by atoms with Crippen molar-refractivity contribution in [2.45, 2.75) is 6.61 Å². The Kier molecular flexibility index (Phi) is 3.08. The molecule has 0 saturated heterocycles. The molecule has 4 heteroatoms. The largest absolute Gasteiger partial charge is 0.388 e. The first-order valence-electron chi connectivity index (χ1n) is 6.05. The van der Waals surface area contributed by atoms with Gasteiger partial charge in [-0.1, -0.05) is 48.5 Å². The van der Waals surface area contributed by atoms with E-state index in [2.05, 4.69) is 22.3 Å². The van der Waals surface area contributed by atoms with Crippen LogP contribution in [-0.2, 0) is 6.61 Å². The molecular weight excluding hydrogens is 238 g/mol. The van der Waals surface area contributed by atoms with Crippen LogP contribution in [-0.4, -0.2) is 19.9 Å². The first-order valence-corrected chi connectivity index (χ1v) is 6.05. The third-order valence-corrected chi connectivity index (χ3v) is 3.01. The standard InChI is InChI=1S/C15H13N3O/c19-10-15-17-16-11-18(15)14-9-5-4-8-13(14)12-6-2-1-3-7-12/h1-9,11,19H,10H2. The molecule has 0 bridgehead atoms. The van der Waals surface area contributed by atoms with E-state index in [9.17, 15) is 5.11 Å². The highest BCUT2D eigenvalue weighted by atomic mass is 16.3. The van der Waals surface area contributed by atoms with Gasteiger partial charge in [-0.2, -0.15) is 0 Å². The molecule has 0 atom stereocenters. The van der Waals surface area contributed by atoms with E-state index in [1.807, 2.05) is 47.0 Å². The van der Waals surface area contributed by atoms with Crippen molar-refractivity contribution in [3.63, 3.8) is 0 Å². The number of rotatable bonds is 3. The number of para-hydroxylation sites is 1. The van der Waals surface area contributed by atoms with Gasteiger partial charge in [0.15, 0.2) is 5.82 Å². The number of aliphatic hydroxyl groups is 1. The fraction of sp³-hybridized carbons (Fsp3) is 0.0667. The molecule has 3 aromatic rings. The van der Waals surface area contributed by atoms with Gasteiger partial charge in [0.25, 0.3) is 0 Å². The van der Waals surface area contributed by atoms with Crippen LogP contribution >= 0.6 is 0 Å². The number of aromatic nitrogens is 3. The SMILES string of the molecule is OCc1nncn1-c1ccccc1-c1ccccc1. The van der Waals surface area contributed by atoms with Crippen molar-refractivity contribution in [1.82, 2.24) is 14.8 Å².